The zero-order valence-corrected chi connectivity index (χ0v) is 11.3. The third-order valence-corrected chi connectivity index (χ3v) is 3.01. The summed E-state index contributed by atoms with van der Waals surface area (Å²) in [5.74, 6) is 0.626. The first-order valence-corrected chi connectivity index (χ1v) is 6.02. The summed E-state index contributed by atoms with van der Waals surface area (Å²) in [6.45, 7) is 4.12. The summed E-state index contributed by atoms with van der Waals surface area (Å²) in [7, 11) is 1.60. The Kier molecular flexibility index (Phi) is 3.85. The molecule has 0 aliphatic heterocycles. The van der Waals surface area contributed by atoms with Gasteiger partial charge in [0.2, 0.25) is 5.91 Å². The molecule has 1 aromatic heterocycles. The van der Waals surface area contributed by atoms with E-state index < -0.39 is 0 Å². The van der Waals surface area contributed by atoms with Gasteiger partial charge in [-0.3, -0.25) is 4.79 Å². The number of rotatable bonds is 4. The van der Waals surface area contributed by atoms with Crippen LogP contribution in [0, 0.1) is 13.8 Å². The van der Waals surface area contributed by atoms with Crippen LogP contribution in [-0.4, -0.2) is 22.6 Å². The Morgan fingerprint density at radius 3 is 2.84 bits per heavy atom. The molecule has 0 radical (unpaired) electrons. The zero-order chi connectivity index (χ0) is 13.8. The van der Waals surface area contributed by atoms with Crippen LogP contribution in [0.4, 0.5) is 5.69 Å². The van der Waals surface area contributed by atoms with Crippen molar-refractivity contribution >= 4 is 11.6 Å². The van der Waals surface area contributed by atoms with Gasteiger partial charge < -0.3 is 14.6 Å². The molecule has 0 unspecified atom stereocenters. The molecule has 0 fully saturated rings. The minimum absolute atomic E-state index is 0.0891. The van der Waals surface area contributed by atoms with Gasteiger partial charge in [-0.25, -0.2) is 4.98 Å². The summed E-state index contributed by atoms with van der Waals surface area (Å²) in [5.41, 5.74) is 2.66. The number of aryl methyl sites for hydroxylation is 1. The van der Waals surface area contributed by atoms with Gasteiger partial charge in [0.1, 0.15) is 12.3 Å². The normalized spacial score (nSPS) is 10.3. The summed E-state index contributed by atoms with van der Waals surface area (Å²) >= 11 is 0. The maximum atomic E-state index is 11.9. The first-order chi connectivity index (χ1) is 9.10. The Labute approximate surface area is 112 Å². The highest BCUT2D eigenvalue weighted by Gasteiger charge is 2.07. The fourth-order valence-electron chi connectivity index (χ4n) is 1.76. The van der Waals surface area contributed by atoms with Crippen molar-refractivity contribution in [1.29, 1.82) is 0 Å². The Hall–Kier alpha value is -2.30. The smallest absolute Gasteiger partial charge is 0.244 e. The van der Waals surface area contributed by atoms with Crippen LogP contribution >= 0.6 is 0 Å². The second-order valence-electron chi connectivity index (χ2n) is 4.32. The van der Waals surface area contributed by atoms with Crippen LogP contribution < -0.4 is 10.1 Å². The first-order valence-electron chi connectivity index (χ1n) is 6.02. The maximum Gasteiger partial charge on any atom is 0.244 e. The lowest BCUT2D eigenvalue weighted by molar-refractivity contribution is -0.116. The van der Waals surface area contributed by atoms with Gasteiger partial charge in [-0.05, 0) is 26.0 Å². The molecule has 0 aliphatic carbocycles. The SMILES string of the molecule is COc1cccc(NC(=O)Cn2cnc(C)c2C)c1. The van der Waals surface area contributed by atoms with Gasteiger partial charge in [0.25, 0.3) is 0 Å². The molecule has 1 heterocycles. The molecule has 100 valence electrons. The summed E-state index contributed by atoms with van der Waals surface area (Å²) in [6, 6.07) is 7.27. The molecule has 0 bridgehead atoms. The van der Waals surface area contributed by atoms with Crippen molar-refractivity contribution in [3.63, 3.8) is 0 Å². The Morgan fingerprint density at radius 2 is 2.21 bits per heavy atom. The molecule has 0 saturated heterocycles. The number of anilines is 1. The van der Waals surface area contributed by atoms with Gasteiger partial charge in [-0.15, -0.1) is 0 Å². The average molecular weight is 259 g/mol. The van der Waals surface area contributed by atoms with Crippen LogP contribution in [0.5, 0.6) is 5.75 Å². The lowest BCUT2D eigenvalue weighted by Gasteiger charge is -2.08. The molecule has 0 saturated carbocycles. The van der Waals surface area contributed by atoms with E-state index in [4.69, 9.17) is 4.74 Å². The molecule has 1 aromatic carbocycles. The number of methoxy groups -OCH3 is 1. The van der Waals surface area contributed by atoms with E-state index in [9.17, 15) is 4.79 Å². The molecule has 2 rings (SSSR count). The summed E-state index contributed by atoms with van der Waals surface area (Å²) in [6.07, 6.45) is 1.68. The molecule has 2 aromatic rings. The molecule has 5 heteroatoms. The second kappa shape index (κ2) is 5.56. The largest absolute Gasteiger partial charge is 0.497 e. The molecular weight excluding hydrogens is 242 g/mol. The van der Waals surface area contributed by atoms with Crippen molar-refractivity contribution in [2.75, 3.05) is 12.4 Å². The minimum Gasteiger partial charge on any atom is -0.497 e. The van der Waals surface area contributed by atoms with E-state index in [1.807, 2.05) is 36.6 Å². The van der Waals surface area contributed by atoms with Gasteiger partial charge in [-0.1, -0.05) is 6.07 Å². The quantitative estimate of drug-likeness (QED) is 0.915. The number of benzene rings is 1. The second-order valence-corrected chi connectivity index (χ2v) is 4.32. The van der Waals surface area contributed by atoms with Crippen LogP contribution in [0.15, 0.2) is 30.6 Å². The summed E-state index contributed by atoms with van der Waals surface area (Å²) in [5, 5.41) is 2.83. The van der Waals surface area contributed by atoms with E-state index in [-0.39, 0.29) is 12.5 Å². The van der Waals surface area contributed by atoms with Crippen molar-refractivity contribution in [1.82, 2.24) is 9.55 Å². The third kappa shape index (κ3) is 3.13. The van der Waals surface area contributed by atoms with Crippen molar-refractivity contribution in [2.24, 2.45) is 0 Å². The lowest BCUT2D eigenvalue weighted by Crippen LogP contribution is -2.19. The number of nitrogens with zero attached hydrogens (tertiary/aromatic N) is 2. The van der Waals surface area contributed by atoms with Crippen LogP contribution in [0.3, 0.4) is 0 Å². The summed E-state index contributed by atoms with van der Waals surface area (Å²) in [4.78, 5) is 16.1. The highest BCUT2D eigenvalue weighted by Crippen LogP contribution is 2.16. The summed E-state index contributed by atoms with van der Waals surface area (Å²) < 4.78 is 6.93. The average Bonchev–Trinajstić information content (AvgIpc) is 2.71. The number of hydrogen-bond acceptors (Lipinski definition) is 3. The van der Waals surface area contributed by atoms with Crippen molar-refractivity contribution < 1.29 is 9.53 Å². The molecule has 1 amide bonds. The van der Waals surface area contributed by atoms with Crippen LogP contribution in [0.2, 0.25) is 0 Å². The molecule has 0 aliphatic rings. The van der Waals surface area contributed by atoms with E-state index in [0.29, 0.717) is 5.75 Å². The minimum atomic E-state index is -0.0891. The number of aromatic nitrogens is 2. The highest BCUT2D eigenvalue weighted by molar-refractivity contribution is 5.90. The first kappa shape index (κ1) is 13.1. The molecule has 0 spiro atoms. The fourth-order valence-corrected chi connectivity index (χ4v) is 1.76. The number of carbonyl (C=O) groups is 1. The Bertz CT molecular complexity index is 590. The predicted molar refractivity (Wildman–Crippen MR) is 73.3 cm³/mol. The van der Waals surface area contributed by atoms with Crippen molar-refractivity contribution in [3.8, 4) is 5.75 Å². The number of imidazole rings is 1. The van der Waals surface area contributed by atoms with E-state index in [2.05, 4.69) is 10.3 Å². The maximum absolute atomic E-state index is 11.9. The zero-order valence-electron chi connectivity index (χ0n) is 11.3. The number of carbonyl (C=O) groups excluding carboxylic acids is 1. The molecule has 5 nitrogen and oxygen atoms in total. The third-order valence-electron chi connectivity index (χ3n) is 3.01. The lowest BCUT2D eigenvalue weighted by atomic mass is 10.3. The van der Waals surface area contributed by atoms with Crippen molar-refractivity contribution in [3.05, 3.63) is 42.0 Å². The Balaban J connectivity index is 2.03. The van der Waals surface area contributed by atoms with E-state index in [0.717, 1.165) is 17.1 Å². The molecular formula is C14H17N3O2. The van der Waals surface area contributed by atoms with Gasteiger partial charge in [0, 0.05) is 17.4 Å². The monoisotopic (exact) mass is 259 g/mol. The van der Waals surface area contributed by atoms with E-state index >= 15 is 0 Å². The van der Waals surface area contributed by atoms with Gasteiger partial charge in [0.15, 0.2) is 0 Å². The van der Waals surface area contributed by atoms with Gasteiger partial charge in [0.05, 0.1) is 19.1 Å². The van der Waals surface area contributed by atoms with Crippen LogP contribution in [0.1, 0.15) is 11.4 Å². The van der Waals surface area contributed by atoms with Crippen molar-refractivity contribution in [2.45, 2.75) is 20.4 Å². The topological polar surface area (TPSA) is 56.1 Å². The standard InChI is InChI=1S/C14H17N3O2/c1-10-11(2)17(9-15-10)8-14(18)16-12-5-4-6-13(7-12)19-3/h4-7,9H,8H2,1-3H3,(H,16,18). The number of nitrogens with one attached hydrogen (secondary N) is 1. The van der Waals surface area contributed by atoms with Crippen LogP contribution in [-0.2, 0) is 11.3 Å². The molecule has 19 heavy (non-hydrogen) atoms. The van der Waals surface area contributed by atoms with Crippen LogP contribution in [0.25, 0.3) is 0 Å². The molecule has 0 atom stereocenters. The van der Waals surface area contributed by atoms with Gasteiger partial charge >= 0.3 is 0 Å². The molecule has 1 N–H and O–H groups in total. The number of hydrogen-bond donors (Lipinski definition) is 1. The fraction of sp³-hybridized carbons (Fsp3) is 0.286. The number of ether oxygens (including phenoxy) is 1. The Morgan fingerprint density at radius 1 is 1.42 bits per heavy atom. The predicted octanol–water partition coefficient (Wildman–Crippen LogP) is 2.15. The highest BCUT2D eigenvalue weighted by atomic mass is 16.5. The van der Waals surface area contributed by atoms with E-state index in [1.165, 1.54) is 0 Å². The number of amides is 1. The van der Waals surface area contributed by atoms with Gasteiger partial charge in [-0.2, -0.15) is 0 Å². The van der Waals surface area contributed by atoms with E-state index in [1.54, 1.807) is 19.5 Å².